The van der Waals surface area contributed by atoms with Crippen LogP contribution < -0.4 is 5.73 Å². The fraction of sp³-hybridized carbons (Fsp3) is 0.571. The molecule has 1 aliphatic rings. The van der Waals surface area contributed by atoms with Crippen LogP contribution in [-0.2, 0) is 11.2 Å². The van der Waals surface area contributed by atoms with Crippen molar-refractivity contribution in [3.05, 3.63) is 35.1 Å². The zero-order valence-corrected chi connectivity index (χ0v) is 10.3. The molecule has 0 amide bonds. The topological polar surface area (TPSA) is 35.2 Å². The molecule has 2 N–H and O–H groups in total. The van der Waals surface area contributed by atoms with Gasteiger partial charge in [-0.15, -0.1) is 0 Å². The average molecular weight is 237 g/mol. The van der Waals surface area contributed by atoms with E-state index >= 15 is 0 Å². The van der Waals surface area contributed by atoms with Crippen molar-refractivity contribution < 1.29 is 9.13 Å². The van der Waals surface area contributed by atoms with Crippen LogP contribution >= 0.6 is 0 Å². The molecule has 2 rings (SSSR count). The smallest absolute Gasteiger partial charge is 0.123 e. The van der Waals surface area contributed by atoms with Gasteiger partial charge in [-0.2, -0.15) is 0 Å². The second-order valence-electron chi connectivity index (χ2n) is 4.91. The van der Waals surface area contributed by atoms with Crippen LogP contribution in [0.25, 0.3) is 0 Å². The van der Waals surface area contributed by atoms with Gasteiger partial charge in [0.05, 0.1) is 6.10 Å². The summed E-state index contributed by atoms with van der Waals surface area (Å²) in [6.45, 7) is 2.85. The molecule has 2 atom stereocenters. The molecule has 0 aromatic heterocycles. The van der Waals surface area contributed by atoms with Crippen molar-refractivity contribution in [3.8, 4) is 0 Å². The predicted octanol–water partition coefficient (Wildman–Crippen LogP) is 2.57. The highest BCUT2D eigenvalue weighted by Crippen LogP contribution is 2.19. The SMILES string of the molecule is Cc1ccc(F)cc1CC(N)CC1CCCO1. The van der Waals surface area contributed by atoms with E-state index in [1.54, 1.807) is 6.07 Å². The van der Waals surface area contributed by atoms with Crippen LogP contribution in [-0.4, -0.2) is 18.8 Å². The fourth-order valence-electron chi connectivity index (χ4n) is 2.39. The summed E-state index contributed by atoms with van der Waals surface area (Å²) in [5.41, 5.74) is 8.22. The van der Waals surface area contributed by atoms with E-state index in [0.717, 1.165) is 43.4 Å². The first-order valence-electron chi connectivity index (χ1n) is 6.27. The standard InChI is InChI=1S/C14H20FNO/c1-10-4-5-12(15)7-11(10)8-13(16)9-14-3-2-6-17-14/h4-5,7,13-14H,2-3,6,8-9,16H2,1H3. The lowest BCUT2D eigenvalue weighted by molar-refractivity contribution is 0.0983. The number of hydrogen-bond donors (Lipinski definition) is 1. The Morgan fingerprint density at radius 1 is 1.53 bits per heavy atom. The van der Waals surface area contributed by atoms with Crippen molar-refractivity contribution in [2.45, 2.75) is 44.8 Å². The Kier molecular flexibility index (Phi) is 4.13. The molecular formula is C14H20FNO. The normalized spacial score (nSPS) is 21.7. The highest BCUT2D eigenvalue weighted by atomic mass is 19.1. The van der Waals surface area contributed by atoms with Crippen LogP contribution in [0.1, 0.15) is 30.4 Å². The minimum absolute atomic E-state index is 0.0543. The molecule has 1 saturated heterocycles. The third kappa shape index (κ3) is 3.51. The Morgan fingerprint density at radius 3 is 3.06 bits per heavy atom. The molecule has 1 heterocycles. The van der Waals surface area contributed by atoms with Gasteiger partial charge in [-0.25, -0.2) is 4.39 Å². The van der Waals surface area contributed by atoms with Gasteiger partial charge in [-0.05, 0) is 55.9 Å². The molecule has 0 spiro atoms. The van der Waals surface area contributed by atoms with Gasteiger partial charge >= 0.3 is 0 Å². The minimum atomic E-state index is -0.185. The van der Waals surface area contributed by atoms with Crippen molar-refractivity contribution in [2.24, 2.45) is 5.73 Å². The Hall–Kier alpha value is -0.930. The summed E-state index contributed by atoms with van der Waals surface area (Å²) < 4.78 is 18.7. The number of aryl methyl sites for hydroxylation is 1. The zero-order chi connectivity index (χ0) is 12.3. The average Bonchev–Trinajstić information content (AvgIpc) is 2.76. The summed E-state index contributed by atoms with van der Waals surface area (Å²) in [6, 6.07) is 4.94. The first kappa shape index (κ1) is 12.5. The number of rotatable bonds is 4. The quantitative estimate of drug-likeness (QED) is 0.873. The van der Waals surface area contributed by atoms with Crippen LogP contribution in [0.5, 0.6) is 0 Å². The third-order valence-electron chi connectivity index (χ3n) is 3.38. The molecular weight excluding hydrogens is 217 g/mol. The lowest BCUT2D eigenvalue weighted by Gasteiger charge is -2.17. The number of ether oxygens (including phenoxy) is 1. The van der Waals surface area contributed by atoms with Crippen molar-refractivity contribution in [2.75, 3.05) is 6.61 Å². The number of halogens is 1. The molecule has 2 unspecified atom stereocenters. The highest BCUT2D eigenvalue weighted by molar-refractivity contribution is 5.27. The van der Waals surface area contributed by atoms with Gasteiger partial charge in [-0.1, -0.05) is 6.07 Å². The van der Waals surface area contributed by atoms with Crippen molar-refractivity contribution >= 4 is 0 Å². The molecule has 0 aliphatic carbocycles. The molecule has 2 nitrogen and oxygen atoms in total. The van der Waals surface area contributed by atoms with Gasteiger partial charge in [0.25, 0.3) is 0 Å². The lowest BCUT2D eigenvalue weighted by Crippen LogP contribution is -2.28. The fourth-order valence-corrected chi connectivity index (χ4v) is 2.39. The zero-order valence-electron chi connectivity index (χ0n) is 10.3. The summed E-state index contributed by atoms with van der Waals surface area (Å²) in [5.74, 6) is -0.185. The molecule has 0 bridgehead atoms. The second-order valence-corrected chi connectivity index (χ2v) is 4.91. The lowest BCUT2D eigenvalue weighted by atomic mass is 9.97. The summed E-state index contributed by atoms with van der Waals surface area (Å²) in [4.78, 5) is 0. The molecule has 1 aliphatic heterocycles. The molecule has 94 valence electrons. The first-order chi connectivity index (χ1) is 8.15. The van der Waals surface area contributed by atoms with E-state index in [-0.39, 0.29) is 11.9 Å². The summed E-state index contributed by atoms with van der Waals surface area (Å²) in [5, 5.41) is 0. The predicted molar refractivity (Wildman–Crippen MR) is 66.4 cm³/mol. The number of nitrogens with two attached hydrogens (primary N) is 1. The molecule has 1 aromatic rings. The highest BCUT2D eigenvalue weighted by Gasteiger charge is 2.19. The first-order valence-corrected chi connectivity index (χ1v) is 6.27. The van der Waals surface area contributed by atoms with Crippen LogP contribution in [0.2, 0.25) is 0 Å². The largest absolute Gasteiger partial charge is 0.378 e. The molecule has 0 radical (unpaired) electrons. The minimum Gasteiger partial charge on any atom is -0.378 e. The van der Waals surface area contributed by atoms with Crippen LogP contribution in [0.3, 0.4) is 0 Å². The van der Waals surface area contributed by atoms with Crippen molar-refractivity contribution in [3.63, 3.8) is 0 Å². The van der Waals surface area contributed by atoms with E-state index in [1.165, 1.54) is 6.07 Å². The molecule has 1 fully saturated rings. The Labute approximate surface area is 102 Å². The Balaban J connectivity index is 1.92. The monoisotopic (exact) mass is 237 g/mol. The van der Waals surface area contributed by atoms with Gasteiger partial charge in [0.2, 0.25) is 0 Å². The summed E-state index contributed by atoms with van der Waals surface area (Å²) in [6.07, 6.45) is 4.14. The summed E-state index contributed by atoms with van der Waals surface area (Å²) in [7, 11) is 0. The molecule has 0 saturated carbocycles. The van der Waals surface area contributed by atoms with Gasteiger partial charge in [0, 0.05) is 12.6 Å². The van der Waals surface area contributed by atoms with E-state index in [1.807, 2.05) is 13.0 Å². The molecule has 17 heavy (non-hydrogen) atoms. The maximum Gasteiger partial charge on any atom is 0.123 e. The Bertz CT molecular complexity index is 374. The van der Waals surface area contributed by atoms with Gasteiger partial charge in [0.1, 0.15) is 5.82 Å². The number of hydrogen-bond acceptors (Lipinski definition) is 2. The second kappa shape index (κ2) is 5.61. The van der Waals surface area contributed by atoms with Crippen LogP contribution in [0, 0.1) is 12.7 Å². The van der Waals surface area contributed by atoms with Gasteiger partial charge in [-0.3, -0.25) is 0 Å². The van der Waals surface area contributed by atoms with Gasteiger partial charge in [0.15, 0.2) is 0 Å². The van der Waals surface area contributed by atoms with E-state index in [9.17, 15) is 4.39 Å². The van der Waals surface area contributed by atoms with E-state index in [2.05, 4.69) is 0 Å². The van der Waals surface area contributed by atoms with Crippen molar-refractivity contribution in [1.82, 2.24) is 0 Å². The van der Waals surface area contributed by atoms with Gasteiger partial charge < -0.3 is 10.5 Å². The van der Waals surface area contributed by atoms with Crippen LogP contribution in [0.4, 0.5) is 4.39 Å². The summed E-state index contributed by atoms with van der Waals surface area (Å²) >= 11 is 0. The molecule has 3 heteroatoms. The van der Waals surface area contributed by atoms with E-state index in [4.69, 9.17) is 10.5 Å². The van der Waals surface area contributed by atoms with Crippen molar-refractivity contribution in [1.29, 1.82) is 0 Å². The van der Waals surface area contributed by atoms with Crippen LogP contribution in [0.15, 0.2) is 18.2 Å². The maximum atomic E-state index is 13.1. The third-order valence-corrected chi connectivity index (χ3v) is 3.38. The van der Waals surface area contributed by atoms with E-state index < -0.39 is 0 Å². The van der Waals surface area contributed by atoms with E-state index in [0.29, 0.717) is 6.10 Å². The number of benzene rings is 1. The maximum absolute atomic E-state index is 13.1. The Morgan fingerprint density at radius 2 is 2.35 bits per heavy atom. The molecule has 1 aromatic carbocycles.